The van der Waals surface area contributed by atoms with Gasteiger partial charge in [0.2, 0.25) is 0 Å². The van der Waals surface area contributed by atoms with E-state index in [1.807, 2.05) is 0 Å². The molecule has 0 saturated heterocycles. The number of carbonyl (C=O) groups excluding carboxylic acids is 2. The summed E-state index contributed by atoms with van der Waals surface area (Å²) >= 11 is 0. The Kier molecular flexibility index (Phi) is 5.84. The Labute approximate surface area is 145 Å². The van der Waals surface area contributed by atoms with Gasteiger partial charge in [0.1, 0.15) is 11.5 Å². The summed E-state index contributed by atoms with van der Waals surface area (Å²) in [7, 11) is 3.02. The van der Waals surface area contributed by atoms with E-state index in [1.165, 1.54) is 27.2 Å². The fourth-order valence-electron chi connectivity index (χ4n) is 2.07. The second-order valence-electron chi connectivity index (χ2n) is 5.26. The molecule has 0 aromatic heterocycles. The van der Waals surface area contributed by atoms with Gasteiger partial charge in [-0.15, -0.1) is 0 Å². The van der Waals surface area contributed by atoms with Gasteiger partial charge in [-0.25, -0.2) is 4.79 Å². The van der Waals surface area contributed by atoms with Crippen molar-refractivity contribution in [2.75, 3.05) is 25.3 Å². The Morgan fingerprint density at radius 3 is 2.24 bits per heavy atom. The number of hydrogen-bond acceptors (Lipinski definition) is 6. The maximum atomic E-state index is 12.3. The van der Waals surface area contributed by atoms with Gasteiger partial charge in [0, 0.05) is 29.6 Å². The molecule has 0 spiro atoms. The van der Waals surface area contributed by atoms with Gasteiger partial charge in [0.15, 0.2) is 6.10 Å². The van der Waals surface area contributed by atoms with E-state index in [-0.39, 0.29) is 5.56 Å². The van der Waals surface area contributed by atoms with E-state index in [4.69, 9.17) is 19.9 Å². The summed E-state index contributed by atoms with van der Waals surface area (Å²) in [5.41, 5.74) is 6.82. The van der Waals surface area contributed by atoms with Crippen molar-refractivity contribution >= 4 is 23.3 Å². The second-order valence-corrected chi connectivity index (χ2v) is 5.26. The van der Waals surface area contributed by atoms with E-state index in [0.29, 0.717) is 22.9 Å². The molecule has 0 aliphatic rings. The average molecular weight is 344 g/mol. The van der Waals surface area contributed by atoms with Crippen LogP contribution >= 0.6 is 0 Å². The topological polar surface area (TPSA) is 99.9 Å². The van der Waals surface area contributed by atoms with E-state index in [2.05, 4.69) is 5.32 Å². The summed E-state index contributed by atoms with van der Waals surface area (Å²) < 4.78 is 15.5. The smallest absolute Gasteiger partial charge is 0.338 e. The number of hydrogen-bond donors (Lipinski definition) is 2. The molecule has 0 bridgehead atoms. The van der Waals surface area contributed by atoms with Gasteiger partial charge in [0.05, 0.1) is 19.8 Å². The van der Waals surface area contributed by atoms with Crippen molar-refractivity contribution in [2.24, 2.45) is 0 Å². The van der Waals surface area contributed by atoms with Crippen molar-refractivity contribution in [3.8, 4) is 11.5 Å². The Morgan fingerprint density at radius 1 is 1.04 bits per heavy atom. The lowest BCUT2D eigenvalue weighted by molar-refractivity contribution is -0.123. The molecule has 1 atom stereocenters. The highest BCUT2D eigenvalue weighted by Crippen LogP contribution is 2.26. The quantitative estimate of drug-likeness (QED) is 0.617. The molecule has 0 aliphatic heterocycles. The molecule has 0 saturated carbocycles. The van der Waals surface area contributed by atoms with Crippen LogP contribution in [0.25, 0.3) is 0 Å². The third kappa shape index (κ3) is 4.87. The predicted octanol–water partition coefficient (Wildman–Crippen LogP) is 2.47. The lowest BCUT2D eigenvalue weighted by atomic mass is 10.2. The number of benzene rings is 2. The molecule has 132 valence electrons. The van der Waals surface area contributed by atoms with E-state index in [9.17, 15) is 9.59 Å². The normalized spacial score (nSPS) is 11.3. The minimum atomic E-state index is -0.994. The Bertz CT molecular complexity index is 754. The van der Waals surface area contributed by atoms with Crippen molar-refractivity contribution in [3.05, 3.63) is 48.0 Å². The Morgan fingerprint density at radius 2 is 1.68 bits per heavy atom. The third-order valence-electron chi connectivity index (χ3n) is 3.39. The fraction of sp³-hybridized carbons (Fsp3) is 0.222. The first-order valence-electron chi connectivity index (χ1n) is 7.53. The molecule has 7 heteroatoms. The van der Waals surface area contributed by atoms with Gasteiger partial charge < -0.3 is 25.3 Å². The molecule has 3 N–H and O–H groups in total. The summed E-state index contributed by atoms with van der Waals surface area (Å²) in [6, 6.07) is 11.3. The zero-order valence-electron chi connectivity index (χ0n) is 14.2. The Balaban J connectivity index is 2.04. The predicted molar refractivity (Wildman–Crippen MR) is 93.9 cm³/mol. The van der Waals surface area contributed by atoms with Gasteiger partial charge in [0.25, 0.3) is 5.91 Å². The number of nitrogen functional groups attached to an aromatic ring is 1. The molecule has 0 fully saturated rings. The van der Waals surface area contributed by atoms with Crippen molar-refractivity contribution in [2.45, 2.75) is 13.0 Å². The second kappa shape index (κ2) is 8.05. The van der Waals surface area contributed by atoms with Crippen LogP contribution in [0.4, 0.5) is 11.4 Å². The molecule has 7 nitrogen and oxygen atoms in total. The summed E-state index contributed by atoms with van der Waals surface area (Å²) in [6.07, 6.45) is -0.994. The molecule has 0 aliphatic carbocycles. The van der Waals surface area contributed by atoms with Crippen LogP contribution < -0.4 is 20.5 Å². The zero-order chi connectivity index (χ0) is 18.4. The van der Waals surface area contributed by atoms with Crippen molar-refractivity contribution in [1.82, 2.24) is 0 Å². The monoisotopic (exact) mass is 344 g/mol. The molecule has 1 amide bonds. The molecule has 0 heterocycles. The number of nitrogens with one attached hydrogen (secondary N) is 1. The van der Waals surface area contributed by atoms with Crippen LogP contribution in [0.2, 0.25) is 0 Å². The van der Waals surface area contributed by atoms with Crippen LogP contribution in [-0.2, 0) is 9.53 Å². The minimum absolute atomic E-state index is 0.280. The van der Waals surface area contributed by atoms with Gasteiger partial charge in [-0.05, 0) is 25.1 Å². The minimum Gasteiger partial charge on any atom is -0.497 e. The summed E-state index contributed by atoms with van der Waals surface area (Å²) in [4.78, 5) is 24.3. The maximum Gasteiger partial charge on any atom is 0.338 e. The number of ether oxygens (including phenoxy) is 3. The van der Waals surface area contributed by atoms with Crippen LogP contribution in [-0.4, -0.2) is 32.2 Å². The van der Waals surface area contributed by atoms with Gasteiger partial charge >= 0.3 is 5.97 Å². The lowest BCUT2D eigenvalue weighted by Crippen LogP contribution is -2.30. The number of nitrogens with two attached hydrogens (primary N) is 1. The van der Waals surface area contributed by atoms with Crippen LogP contribution in [0.5, 0.6) is 11.5 Å². The standard InChI is InChI=1S/C18H20N2O5/c1-11(25-18(22)12-5-4-6-13(19)7-12)17(21)20-14-8-15(23-2)10-16(9-14)24-3/h4-11H,19H2,1-3H3,(H,20,21). The van der Waals surface area contributed by atoms with E-state index in [0.717, 1.165) is 0 Å². The van der Waals surface area contributed by atoms with Gasteiger partial charge in [-0.3, -0.25) is 4.79 Å². The molecule has 25 heavy (non-hydrogen) atoms. The molecule has 1 unspecified atom stereocenters. The van der Waals surface area contributed by atoms with E-state index >= 15 is 0 Å². The molecule has 2 aromatic rings. The highest BCUT2D eigenvalue weighted by Gasteiger charge is 2.19. The largest absolute Gasteiger partial charge is 0.497 e. The average Bonchev–Trinajstić information content (AvgIpc) is 2.61. The van der Waals surface area contributed by atoms with Gasteiger partial charge in [-0.2, -0.15) is 0 Å². The molecule has 2 aromatic carbocycles. The lowest BCUT2D eigenvalue weighted by Gasteiger charge is -2.15. The number of amides is 1. The zero-order valence-corrected chi connectivity index (χ0v) is 14.2. The van der Waals surface area contributed by atoms with Crippen LogP contribution in [0.3, 0.4) is 0 Å². The van der Waals surface area contributed by atoms with Crippen LogP contribution in [0.1, 0.15) is 17.3 Å². The molecular formula is C18H20N2O5. The first kappa shape index (κ1) is 18.1. The van der Waals surface area contributed by atoms with Crippen LogP contribution in [0.15, 0.2) is 42.5 Å². The molecular weight excluding hydrogens is 324 g/mol. The number of rotatable bonds is 6. The first-order valence-corrected chi connectivity index (χ1v) is 7.53. The number of anilines is 2. The summed E-state index contributed by atoms with van der Waals surface area (Å²) in [5, 5.41) is 2.66. The molecule has 2 rings (SSSR count). The highest BCUT2D eigenvalue weighted by atomic mass is 16.5. The van der Waals surface area contributed by atoms with E-state index in [1.54, 1.807) is 36.4 Å². The summed E-state index contributed by atoms with van der Waals surface area (Å²) in [5.74, 6) is -0.0520. The number of methoxy groups -OCH3 is 2. The van der Waals surface area contributed by atoms with Gasteiger partial charge in [-0.1, -0.05) is 6.07 Å². The SMILES string of the molecule is COc1cc(NC(=O)C(C)OC(=O)c2cccc(N)c2)cc(OC)c1. The number of carbonyl (C=O) groups is 2. The maximum absolute atomic E-state index is 12.3. The number of esters is 1. The first-order chi connectivity index (χ1) is 11.9. The van der Waals surface area contributed by atoms with Crippen molar-refractivity contribution in [3.63, 3.8) is 0 Å². The molecule has 0 radical (unpaired) electrons. The third-order valence-corrected chi connectivity index (χ3v) is 3.39. The van der Waals surface area contributed by atoms with E-state index < -0.39 is 18.0 Å². The van der Waals surface area contributed by atoms with Crippen LogP contribution in [0, 0.1) is 0 Å². The highest BCUT2D eigenvalue weighted by molar-refractivity contribution is 5.97. The summed E-state index contributed by atoms with van der Waals surface area (Å²) in [6.45, 7) is 1.48. The van der Waals surface area contributed by atoms with Crippen molar-refractivity contribution < 1.29 is 23.8 Å². The van der Waals surface area contributed by atoms with Crippen molar-refractivity contribution in [1.29, 1.82) is 0 Å². The Hall–Kier alpha value is -3.22. The fourth-order valence-corrected chi connectivity index (χ4v) is 2.07.